The Hall–Kier alpha value is -1.10. The molecule has 1 aromatic rings. The Bertz CT molecular complexity index is 540. The van der Waals surface area contributed by atoms with Gasteiger partial charge >= 0.3 is 5.97 Å². The summed E-state index contributed by atoms with van der Waals surface area (Å²) in [5, 5.41) is 0.789. The zero-order valence-corrected chi connectivity index (χ0v) is 16.3. The van der Waals surface area contributed by atoms with Crippen LogP contribution in [0.3, 0.4) is 0 Å². The van der Waals surface area contributed by atoms with Gasteiger partial charge in [0.2, 0.25) is 0 Å². The first-order chi connectivity index (χ1) is 12.0. The number of likely N-dealkylation sites (N-methyl/N-ethyl adjacent to an activating group) is 1. The molecule has 1 fully saturated rings. The fourth-order valence-corrected chi connectivity index (χ4v) is 4.09. The Morgan fingerprint density at radius 2 is 1.92 bits per heavy atom. The van der Waals surface area contributed by atoms with Gasteiger partial charge in [-0.15, -0.1) is 0 Å². The van der Waals surface area contributed by atoms with E-state index >= 15 is 0 Å². The van der Waals surface area contributed by atoms with Gasteiger partial charge in [0.1, 0.15) is 6.61 Å². The van der Waals surface area contributed by atoms with Crippen molar-refractivity contribution in [3.05, 3.63) is 34.9 Å². The number of benzene rings is 1. The Morgan fingerprint density at radius 3 is 2.44 bits per heavy atom. The molecule has 1 saturated carbocycles. The number of unbranched alkanes of at least 4 members (excludes halogenated alkanes) is 1. The highest BCUT2D eigenvalue weighted by atomic mass is 35.5. The smallest absolute Gasteiger partial charge is 0.332 e. The number of hydrogen-bond acceptors (Lipinski definition) is 4. The molecule has 140 valence electrons. The molecular formula is C20H30ClNO3. The van der Waals surface area contributed by atoms with Gasteiger partial charge in [0.15, 0.2) is 0 Å². The molecule has 2 rings (SSSR count). The van der Waals surface area contributed by atoms with Crippen LogP contribution in [0.1, 0.15) is 44.1 Å². The van der Waals surface area contributed by atoms with Crippen LogP contribution < -0.4 is 0 Å². The Kier molecular flexibility index (Phi) is 7.73. The predicted octanol–water partition coefficient (Wildman–Crippen LogP) is 4.05. The van der Waals surface area contributed by atoms with E-state index in [1.165, 1.54) is 31.9 Å². The number of halogens is 1. The molecule has 25 heavy (non-hydrogen) atoms. The summed E-state index contributed by atoms with van der Waals surface area (Å²) in [6.07, 6.45) is 6.74. The summed E-state index contributed by atoms with van der Waals surface area (Å²) in [6.45, 7) is 0.496. The van der Waals surface area contributed by atoms with Crippen molar-refractivity contribution in [2.24, 2.45) is 0 Å². The molecule has 0 radical (unpaired) electrons. The molecule has 0 heterocycles. The second-order valence-corrected chi connectivity index (χ2v) is 7.58. The second kappa shape index (κ2) is 9.56. The van der Waals surface area contributed by atoms with Gasteiger partial charge < -0.3 is 14.4 Å². The van der Waals surface area contributed by atoms with Crippen molar-refractivity contribution in [3.63, 3.8) is 0 Å². The standard InChI is InChI=1S/C20H30ClNO3/c1-22(2)18(7-4-5-14-25-19(23)15-24-3)20(12-6-13-20)16-8-10-17(21)11-9-16/h8-11,18H,4-7,12-15H2,1-3H3. The Morgan fingerprint density at radius 1 is 1.24 bits per heavy atom. The molecule has 5 heteroatoms. The third-order valence-corrected chi connectivity index (χ3v) is 5.58. The molecule has 1 aliphatic rings. The minimum absolute atomic E-state index is 0.0278. The van der Waals surface area contributed by atoms with Crippen molar-refractivity contribution in [2.45, 2.75) is 50.0 Å². The Labute approximate surface area is 156 Å². The van der Waals surface area contributed by atoms with E-state index in [4.69, 9.17) is 21.1 Å². The van der Waals surface area contributed by atoms with E-state index in [0.717, 1.165) is 24.3 Å². The van der Waals surface area contributed by atoms with Gasteiger partial charge in [-0.1, -0.05) is 30.2 Å². The molecule has 0 N–H and O–H groups in total. The fraction of sp³-hybridized carbons (Fsp3) is 0.650. The summed E-state index contributed by atoms with van der Waals surface area (Å²) < 4.78 is 9.92. The molecule has 1 aromatic carbocycles. The van der Waals surface area contributed by atoms with Crippen LogP contribution in [0.25, 0.3) is 0 Å². The molecule has 4 nitrogen and oxygen atoms in total. The van der Waals surface area contributed by atoms with E-state index in [9.17, 15) is 4.79 Å². The molecule has 1 aliphatic carbocycles. The molecule has 0 amide bonds. The lowest BCUT2D eigenvalue weighted by molar-refractivity contribution is -0.148. The number of carbonyl (C=O) groups is 1. The maximum atomic E-state index is 11.3. The van der Waals surface area contributed by atoms with Crippen molar-refractivity contribution in [1.29, 1.82) is 0 Å². The SMILES string of the molecule is COCC(=O)OCCCCC(N(C)C)C1(c2ccc(Cl)cc2)CCC1. The largest absolute Gasteiger partial charge is 0.464 e. The average molecular weight is 368 g/mol. The predicted molar refractivity (Wildman–Crippen MR) is 101 cm³/mol. The summed E-state index contributed by atoms with van der Waals surface area (Å²) in [5.74, 6) is -0.289. The minimum atomic E-state index is -0.289. The van der Waals surface area contributed by atoms with E-state index in [-0.39, 0.29) is 18.0 Å². The van der Waals surface area contributed by atoms with E-state index in [1.807, 2.05) is 12.1 Å². The maximum Gasteiger partial charge on any atom is 0.332 e. The van der Waals surface area contributed by atoms with Crippen LogP contribution in [-0.4, -0.2) is 51.3 Å². The third kappa shape index (κ3) is 5.19. The zero-order chi connectivity index (χ0) is 18.3. The van der Waals surface area contributed by atoms with Crippen LogP contribution in [0, 0.1) is 0 Å². The van der Waals surface area contributed by atoms with Crippen molar-refractivity contribution in [1.82, 2.24) is 4.90 Å². The normalized spacial score (nSPS) is 17.2. The van der Waals surface area contributed by atoms with Crippen LogP contribution in [0.4, 0.5) is 0 Å². The van der Waals surface area contributed by atoms with Crippen molar-refractivity contribution < 1.29 is 14.3 Å². The van der Waals surface area contributed by atoms with Crippen molar-refractivity contribution in [2.75, 3.05) is 34.4 Å². The van der Waals surface area contributed by atoms with Gasteiger partial charge in [-0.25, -0.2) is 4.79 Å². The first-order valence-corrected chi connectivity index (χ1v) is 9.44. The lowest BCUT2D eigenvalue weighted by Gasteiger charge is -2.51. The summed E-state index contributed by atoms with van der Waals surface area (Å²) in [4.78, 5) is 13.7. The summed E-state index contributed by atoms with van der Waals surface area (Å²) in [5.41, 5.74) is 1.62. The topological polar surface area (TPSA) is 38.8 Å². The van der Waals surface area contributed by atoms with Crippen LogP contribution in [-0.2, 0) is 19.7 Å². The van der Waals surface area contributed by atoms with Gasteiger partial charge in [-0.2, -0.15) is 0 Å². The lowest BCUT2D eigenvalue weighted by Crippen LogP contribution is -2.52. The average Bonchev–Trinajstić information content (AvgIpc) is 2.53. The molecule has 1 atom stereocenters. The van der Waals surface area contributed by atoms with Gasteiger partial charge in [0.25, 0.3) is 0 Å². The fourth-order valence-electron chi connectivity index (χ4n) is 3.97. The number of hydrogen-bond donors (Lipinski definition) is 0. The van der Waals surface area contributed by atoms with Gasteiger partial charge in [-0.05, 0) is 63.9 Å². The zero-order valence-electron chi connectivity index (χ0n) is 15.6. The number of ether oxygens (including phenoxy) is 2. The molecule has 0 spiro atoms. The maximum absolute atomic E-state index is 11.3. The van der Waals surface area contributed by atoms with Crippen molar-refractivity contribution in [3.8, 4) is 0 Å². The Balaban J connectivity index is 1.92. The summed E-state index contributed by atoms with van der Waals surface area (Å²) in [7, 11) is 5.83. The van der Waals surface area contributed by atoms with Gasteiger partial charge in [0, 0.05) is 23.6 Å². The number of carbonyl (C=O) groups excluding carboxylic acids is 1. The third-order valence-electron chi connectivity index (χ3n) is 5.32. The van der Waals surface area contributed by atoms with Gasteiger partial charge in [0.05, 0.1) is 6.61 Å². The van der Waals surface area contributed by atoms with E-state index < -0.39 is 0 Å². The summed E-state index contributed by atoms with van der Waals surface area (Å²) >= 11 is 6.07. The molecule has 0 aliphatic heterocycles. The number of methoxy groups -OCH3 is 1. The minimum Gasteiger partial charge on any atom is -0.464 e. The first kappa shape index (κ1) is 20.2. The van der Waals surface area contributed by atoms with E-state index in [1.54, 1.807) is 0 Å². The number of rotatable bonds is 10. The quantitative estimate of drug-likeness (QED) is 0.462. The molecular weight excluding hydrogens is 338 g/mol. The van der Waals surface area contributed by atoms with E-state index in [0.29, 0.717) is 12.6 Å². The molecule has 0 bridgehead atoms. The van der Waals surface area contributed by atoms with Crippen LogP contribution in [0.2, 0.25) is 5.02 Å². The van der Waals surface area contributed by atoms with Crippen molar-refractivity contribution >= 4 is 17.6 Å². The molecule has 0 saturated heterocycles. The highest BCUT2D eigenvalue weighted by Crippen LogP contribution is 2.49. The first-order valence-electron chi connectivity index (χ1n) is 9.06. The molecule has 0 aromatic heterocycles. The number of nitrogens with zero attached hydrogens (tertiary/aromatic N) is 1. The highest BCUT2D eigenvalue weighted by Gasteiger charge is 2.45. The summed E-state index contributed by atoms with van der Waals surface area (Å²) in [6, 6.07) is 8.85. The lowest BCUT2D eigenvalue weighted by atomic mass is 9.59. The monoisotopic (exact) mass is 367 g/mol. The van der Waals surface area contributed by atoms with Crippen LogP contribution in [0.5, 0.6) is 0 Å². The van der Waals surface area contributed by atoms with Crippen LogP contribution >= 0.6 is 11.6 Å². The molecule has 1 unspecified atom stereocenters. The van der Waals surface area contributed by atoms with Gasteiger partial charge in [-0.3, -0.25) is 0 Å². The highest BCUT2D eigenvalue weighted by molar-refractivity contribution is 6.30. The van der Waals surface area contributed by atoms with Crippen LogP contribution in [0.15, 0.2) is 24.3 Å². The number of esters is 1. The van der Waals surface area contributed by atoms with E-state index in [2.05, 4.69) is 31.1 Å². The second-order valence-electron chi connectivity index (χ2n) is 7.15.